The first-order valence-corrected chi connectivity index (χ1v) is 39.9. The molecule has 0 amide bonds. The molecular weight excluding hydrogens is 1640 g/mol. The third kappa shape index (κ3) is 22.7. The molecule has 0 radical (unpaired) electrons. The van der Waals surface area contributed by atoms with Crippen molar-refractivity contribution in [1.82, 2.24) is 45.6 Å². The van der Waals surface area contributed by atoms with Crippen molar-refractivity contribution in [2.75, 3.05) is 59.6 Å². The van der Waals surface area contributed by atoms with Crippen LogP contribution in [0.2, 0.25) is 25.1 Å². The van der Waals surface area contributed by atoms with E-state index in [-0.39, 0.29) is 137 Å². The number of alkyl halides is 6. The van der Waals surface area contributed by atoms with Crippen molar-refractivity contribution in [2.24, 2.45) is 15.0 Å². The van der Waals surface area contributed by atoms with E-state index in [1.807, 2.05) is 0 Å². The topological polar surface area (TPSA) is 312 Å². The van der Waals surface area contributed by atoms with Crippen molar-refractivity contribution in [3.8, 4) is 0 Å². The summed E-state index contributed by atoms with van der Waals surface area (Å²) in [4.78, 5) is 105. The van der Waals surface area contributed by atoms with Gasteiger partial charge in [0.05, 0.1) is 56.7 Å². The highest BCUT2D eigenvalue weighted by Crippen LogP contribution is 2.44. The summed E-state index contributed by atoms with van der Waals surface area (Å²) in [5.74, 6) is -12.8. The van der Waals surface area contributed by atoms with Crippen LogP contribution in [0.1, 0.15) is 141 Å². The van der Waals surface area contributed by atoms with Crippen molar-refractivity contribution in [3.63, 3.8) is 0 Å². The number of esters is 3. The lowest BCUT2D eigenvalue weighted by atomic mass is 9.92. The van der Waals surface area contributed by atoms with E-state index < -0.39 is 109 Å². The van der Waals surface area contributed by atoms with E-state index in [9.17, 15) is 65.3 Å². The Labute approximate surface area is 676 Å². The van der Waals surface area contributed by atoms with E-state index in [2.05, 4.69) is 30.9 Å². The molecule has 112 heavy (non-hydrogen) atoms. The summed E-state index contributed by atoms with van der Waals surface area (Å²) in [6, 6.07) is 12.7. The summed E-state index contributed by atoms with van der Waals surface area (Å²) in [7, 11) is 1.22. The molecule has 3 aromatic carbocycles. The first kappa shape index (κ1) is 86.3. The summed E-state index contributed by atoms with van der Waals surface area (Å²) in [6.07, 6.45) is 4.40. The maximum absolute atomic E-state index is 14.5. The maximum Gasteiger partial charge on any atom is 0.338 e. The average Bonchev–Trinajstić information content (AvgIpc) is 0.958. The van der Waals surface area contributed by atoms with Gasteiger partial charge in [-0.05, 0) is 82.7 Å². The molecule has 0 saturated carbocycles. The van der Waals surface area contributed by atoms with Crippen molar-refractivity contribution < 1.29 is 84.6 Å². The zero-order valence-electron chi connectivity index (χ0n) is 60.3. The molecule has 3 saturated heterocycles. The largest absolute Gasteiger partial charge is 0.481 e. The minimum Gasteiger partial charge on any atom is -0.481 e. The average molecular weight is 1710 g/mol. The number of hydrogen-bond donors (Lipinski definition) is 6. The highest BCUT2D eigenvalue weighted by Gasteiger charge is 2.46. The van der Waals surface area contributed by atoms with E-state index in [0.29, 0.717) is 81.4 Å². The van der Waals surface area contributed by atoms with Crippen LogP contribution in [0.15, 0.2) is 144 Å². The zero-order valence-corrected chi connectivity index (χ0v) is 66.5. The summed E-state index contributed by atoms with van der Waals surface area (Å²) >= 11 is 35.7. The molecule has 6 aliphatic rings. The fourth-order valence-corrected chi connectivity index (χ4v) is 16.8. The standard InChI is InChI=1S/C25H26Cl2F2N4O4S.C25H27ClF2N4O4S.C24H24Cl2F2N4O4S/c1-2-37-24(36)20-18(12-33-13-25(28,29)8-7-15(33)4-6-19(34)35)31-22(23-30-9-10-38-23)32-21(20)16-5-3-14(26)11-17(16)27;1-2-36-24(35)20-18(13-32-14-25(27,28)10-9-15(32)7-8-19(33)34)30-22(23-29-11-12-37-23)31-21(20)16-5-3-4-6-17(16)26;1-36-23(35)19-17(11-32-12-24(27,28)7-6-14(32)3-5-18(33)34)30-21(22-29-8-9-37-22)31-20(19)15-4-2-13(25)10-16(15)26/h3,5,9-11,15,21H,2,4,6-8,12-13H2,1H3,(H,31,32)(H,34,35);3-6,11-12,15,21H,2,7-10,13-14H2,1H3,(H,30,31)(H,33,34);2,4,8-10,14,20H,3,5-7,11-12H2,1H3,(H,30,31)(H,33,34)/t2*15-,21-;14-,20-/m000/s1. The number of methoxy groups -OCH3 is 1. The molecule has 38 heteroatoms. The highest BCUT2D eigenvalue weighted by molar-refractivity contribution is 7.12. The number of ether oxygens (including phenoxy) is 3. The number of carboxylic acids is 3. The van der Waals surface area contributed by atoms with E-state index in [1.165, 1.54) is 63.1 Å². The van der Waals surface area contributed by atoms with Crippen LogP contribution < -0.4 is 16.0 Å². The zero-order chi connectivity index (χ0) is 80.8. The van der Waals surface area contributed by atoms with Crippen molar-refractivity contribution in [3.05, 3.63) is 186 Å². The molecule has 6 aromatic rings. The van der Waals surface area contributed by atoms with Crippen LogP contribution in [0.25, 0.3) is 0 Å². The van der Waals surface area contributed by atoms with Gasteiger partial charge in [-0.15, -0.1) is 34.0 Å². The van der Waals surface area contributed by atoms with Crippen LogP contribution >= 0.6 is 92.0 Å². The van der Waals surface area contributed by atoms with Gasteiger partial charge in [0.1, 0.15) is 18.1 Å². The fraction of sp³-hybridized carbons (Fsp3) is 0.432. The number of aliphatic imine (C=N–C) groups is 3. The van der Waals surface area contributed by atoms with Gasteiger partial charge in [-0.25, -0.2) is 55.7 Å². The fourth-order valence-electron chi connectivity index (χ4n) is 13.8. The Morgan fingerprint density at radius 3 is 1.09 bits per heavy atom. The number of carboxylic acid groups (broad SMARTS) is 3. The Balaban J connectivity index is 0.000000178. The predicted octanol–water partition coefficient (Wildman–Crippen LogP) is 14.9. The molecular formula is C74H77Cl5F6N12O12S3. The van der Waals surface area contributed by atoms with Gasteiger partial charge in [-0.3, -0.25) is 44.1 Å². The van der Waals surface area contributed by atoms with Gasteiger partial charge in [0.15, 0.2) is 32.5 Å². The first-order valence-electron chi connectivity index (χ1n) is 35.3. The summed E-state index contributed by atoms with van der Waals surface area (Å²) in [5, 5.41) is 45.6. The highest BCUT2D eigenvalue weighted by atomic mass is 35.5. The van der Waals surface area contributed by atoms with E-state index in [4.69, 9.17) is 92.3 Å². The van der Waals surface area contributed by atoms with Gasteiger partial charge in [0.25, 0.3) is 17.8 Å². The number of thiazole rings is 3. The summed E-state index contributed by atoms with van der Waals surface area (Å²) in [6.45, 7) is 1.60. The normalized spacial score (nSPS) is 21.7. The number of rotatable bonds is 26. The molecule has 24 nitrogen and oxygen atoms in total. The lowest BCUT2D eigenvalue weighted by Gasteiger charge is -2.41. The number of aliphatic carboxylic acids is 3. The Morgan fingerprint density at radius 1 is 0.482 bits per heavy atom. The van der Waals surface area contributed by atoms with E-state index in [0.717, 1.165) is 0 Å². The van der Waals surface area contributed by atoms with Crippen molar-refractivity contribution in [2.45, 2.75) is 145 Å². The molecule has 6 atom stereocenters. The molecule has 12 rings (SSSR count). The second-order valence-electron chi connectivity index (χ2n) is 26.6. The second kappa shape index (κ2) is 38.8. The maximum atomic E-state index is 14.5. The SMILES string of the molecule is CCOC(=O)C1=C(CN2CC(F)(F)CC[C@@H]2CCC(=O)O)NC(c2nccs2)=N[C@H]1c1ccc(Cl)cc1Cl.CCOC(=O)C1=C(CN2CC(F)(F)CC[C@@H]2CCC(=O)O)NC(c2nccs2)=N[C@H]1c1ccccc1Cl.COC(=O)C1=C(CN2CC(F)(F)CC[C@@H]2CCC(=O)O)NC(c2nccs2)=N[C@H]1c1ccc(Cl)cc1Cl. The van der Waals surface area contributed by atoms with Gasteiger partial charge >= 0.3 is 35.8 Å². The lowest BCUT2D eigenvalue weighted by Crippen LogP contribution is -2.51. The number of nitrogens with one attached hydrogen (secondary N) is 3. The number of benzene rings is 3. The monoisotopic (exact) mass is 1710 g/mol. The molecule has 6 N–H and O–H groups in total. The number of carbonyl (C=O) groups is 6. The van der Waals surface area contributed by atoms with E-state index in [1.54, 1.807) is 102 Å². The van der Waals surface area contributed by atoms with Crippen LogP contribution in [0, 0.1) is 0 Å². The number of aromatic nitrogens is 3. The molecule has 0 bridgehead atoms. The second-order valence-corrected chi connectivity index (χ2v) is 31.4. The van der Waals surface area contributed by atoms with Crippen molar-refractivity contribution >= 4 is 145 Å². The quantitative estimate of drug-likeness (QED) is 0.0167. The molecule has 0 spiro atoms. The summed E-state index contributed by atoms with van der Waals surface area (Å²) in [5.41, 5.74) is 2.90. The number of piperidine rings is 3. The minimum atomic E-state index is -2.95. The van der Waals surface area contributed by atoms with Crippen LogP contribution in [-0.2, 0) is 43.0 Å². The molecule has 3 aromatic heterocycles. The van der Waals surface area contributed by atoms with Crippen LogP contribution in [0.3, 0.4) is 0 Å². The Hall–Kier alpha value is -8.09. The van der Waals surface area contributed by atoms with Gasteiger partial charge in [-0.2, -0.15) is 0 Å². The predicted molar refractivity (Wildman–Crippen MR) is 414 cm³/mol. The molecule has 3 fully saturated rings. The molecule has 0 aliphatic carbocycles. The third-order valence-corrected chi connectivity index (χ3v) is 22.7. The lowest BCUT2D eigenvalue weighted by molar-refractivity contribution is -0.140. The number of amidine groups is 3. The number of halogens is 11. The van der Waals surface area contributed by atoms with Gasteiger partial charge in [0, 0.05) is 170 Å². The van der Waals surface area contributed by atoms with E-state index >= 15 is 0 Å². The number of nitrogens with zero attached hydrogens (tertiary/aromatic N) is 9. The third-order valence-electron chi connectivity index (χ3n) is 18.9. The van der Waals surface area contributed by atoms with Crippen LogP contribution in [0.4, 0.5) is 26.3 Å². The molecule has 0 unspecified atom stereocenters. The summed E-state index contributed by atoms with van der Waals surface area (Å²) < 4.78 is 103. The number of hydrogen-bond acceptors (Lipinski definition) is 24. The Kier molecular flexibility index (Phi) is 29.9. The van der Waals surface area contributed by atoms with Crippen molar-refractivity contribution in [1.29, 1.82) is 0 Å². The minimum absolute atomic E-state index is 0.0562. The molecule has 600 valence electrons. The van der Waals surface area contributed by atoms with Crippen LogP contribution in [0.5, 0.6) is 0 Å². The smallest absolute Gasteiger partial charge is 0.338 e. The van der Waals surface area contributed by atoms with Gasteiger partial charge in [0.2, 0.25) is 0 Å². The van der Waals surface area contributed by atoms with Crippen LogP contribution in [-0.4, -0.2) is 194 Å². The molecule has 9 heterocycles. The first-order chi connectivity index (χ1) is 53.3. The molecule has 6 aliphatic heterocycles. The Morgan fingerprint density at radius 2 is 0.804 bits per heavy atom. The number of carbonyl (C=O) groups excluding carboxylic acids is 3. The van der Waals surface area contributed by atoms with Gasteiger partial charge < -0.3 is 45.5 Å². The van der Waals surface area contributed by atoms with Gasteiger partial charge in [-0.1, -0.05) is 88.3 Å². The Bertz CT molecular complexity index is 4600. The number of likely N-dealkylation sites (tertiary alicyclic amines) is 3.